The van der Waals surface area contributed by atoms with Gasteiger partial charge in [-0.15, -0.1) is 0 Å². The van der Waals surface area contributed by atoms with Crippen LogP contribution in [0.15, 0.2) is 83.8 Å². The lowest BCUT2D eigenvalue weighted by Gasteiger charge is -2.22. The molecule has 1 aromatic heterocycles. The number of para-hydroxylation sites is 1. The Kier molecular flexibility index (Phi) is 5.65. The van der Waals surface area contributed by atoms with Gasteiger partial charge in [0.25, 0.3) is 6.43 Å². The van der Waals surface area contributed by atoms with Crippen LogP contribution in [0.3, 0.4) is 0 Å². The van der Waals surface area contributed by atoms with Gasteiger partial charge in [-0.25, -0.2) is 27.2 Å². The van der Waals surface area contributed by atoms with Gasteiger partial charge < -0.3 is 5.32 Å². The molecule has 8 heteroatoms. The zero-order valence-electron chi connectivity index (χ0n) is 16.5. The fraction of sp³-hybridized carbons (Fsp3) is 0.130. The molecule has 3 aromatic carbocycles. The molecule has 0 amide bonds. The predicted molar refractivity (Wildman–Crippen MR) is 116 cm³/mol. The van der Waals surface area contributed by atoms with Gasteiger partial charge in [0.05, 0.1) is 16.5 Å². The van der Waals surface area contributed by atoms with Crippen molar-refractivity contribution >= 4 is 26.6 Å². The van der Waals surface area contributed by atoms with Crippen molar-refractivity contribution in [2.75, 3.05) is 11.6 Å². The van der Waals surface area contributed by atoms with E-state index in [1.165, 1.54) is 6.07 Å². The summed E-state index contributed by atoms with van der Waals surface area (Å²) in [5.74, 6) is -0.322. The molecule has 1 atom stereocenters. The van der Waals surface area contributed by atoms with E-state index in [4.69, 9.17) is 0 Å². The summed E-state index contributed by atoms with van der Waals surface area (Å²) < 4.78 is 51.0. The lowest BCUT2D eigenvalue weighted by molar-refractivity contribution is 0.141. The van der Waals surface area contributed by atoms with Gasteiger partial charge in [-0.2, -0.15) is 0 Å². The van der Waals surface area contributed by atoms with E-state index in [-0.39, 0.29) is 10.7 Å². The number of benzene rings is 3. The highest BCUT2D eigenvalue weighted by molar-refractivity contribution is 7.90. The van der Waals surface area contributed by atoms with Crippen LogP contribution in [-0.2, 0) is 9.84 Å². The molecule has 0 aliphatic heterocycles. The van der Waals surface area contributed by atoms with Gasteiger partial charge in [-0.05, 0) is 35.4 Å². The Labute approximate surface area is 178 Å². The van der Waals surface area contributed by atoms with Crippen molar-refractivity contribution in [3.63, 3.8) is 0 Å². The van der Waals surface area contributed by atoms with Crippen LogP contribution in [0.2, 0.25) is 0 Å². The number of nitrogens with zero attached hydrogens (tertiary/aromatic N) is 2. The Morgan fingerprint density at radius 1 is 0.839 bits per heavy atom. The second-order valence-corrected chi connectivity index (χ2v) is 9.10. The van der Waals surface area contributed by atoms with Crippen molar-refractivity contribution in [1.82, 2.24) is 9.97 Å². The summed E-state index contributed by atoms with van der Waals surface area (Å²) in [5, 5.41) is 3.84. The van der Waals surface area contributed by atoms with E-state index in [1.54, 1.807) is 42.5 Å². The quantitative estimate of drug-likeness (QED) is 0.449. The molecule has 0 fully saturated rings. The molecule has 5 nitrogen and oxygen atoms in total. The van der Waals surface area contributed by atoms with Gasteiger partial charge in [0.2, 0.25) is 0 Å². The molecule has 0 spiro atoms. The monoisotopic (exact) mass is 439 g/mol. The highest BCUT2D eigenvalue weighted by Gasteiger charge is 2.21. The van der Waals surface area contributed by atoms with Gasteiger partial charge >= 0.3 is 0 Å². The normalized spacial score (nSPS) is 12.8. The number of hydrogen-bond donors (Lipinski definition) is 1. The Balaban J connectivity index is 1.88. The first-order valence-corrected chi connectivity index (χ1v) is 11.4. The van der Waals surface area contributed by atoms with E-state index in [0.717, 1.165) is 11.8 Å². The van der Waals surface area contributed by atoms with Crippen LogP contribution in [0.4, 0.5) is 14.6 Å². The number of nitrogens with one attached hydrogen (secondary N) is 1. The third-order valence-corrected chi connectivity index (χ3v) is 5.96. The Morgan fingerprint density at radius 3 is 2.23 bits per heavy atom. The molecule has 1 heterocycles. The first-order valence-electron chi connectivity index (χ1n) is 9.49. The summed E-state index contributed by atoms with van der Waals surface area (Å²) in [6, 6.07) is 22.3. The number of fused-ring (bicyclic) bond motifs is 1. The number of rotatable bonds is 6. The molecule has 0 saturated heterocycles. The molecule has 0 aliphatic carbocycles. The molecular weight excluding hydrogens is 420 g/mol. The summed E-state index contributed by atoms with van der Waals surface area (Å²) in [4.78, 5) is 8.20. The van der Waals surface area contributed by atoms with E-state index in [2.05, 4.69) is 15.3 Å². The molecule has 1 unspecified atom stereocenters. The van der Waals surface area contributed by atoms with Crippen molar-refractivity contribution in [3.8, 4) is 0 Å². The molecule has 158 valence electrons. The van der Waals surface area contributed by atoms with Gasteiger partial charge in [-0.1, -0.05) is 54.6 Å². The minimum atomic E-state index is -3.42. The van der Waals surface area contributed by atoms with E-state index in [0.29, 0.717) is 16.5 Å². The fourth-order valence-electron chi connectivity index (χ4n) is 3.37. The van der Waals surface area contributed by atoms with E-state index >= 15 is 0 Å². The fourth-order valence-corrected chi connectivity index (χ4v) is 4.04. The highest BCUT2D eigenvalue weighted by atomic mass is 32.2. The number of sulfone groups is 1. The SMILES string of the molecule is CS(=O)(=O)c1cccc(C(Nc2nc(C(F)F)nc3ccccc23)c2ccccc2)c1. The number of hydrogen-bond acceptors (Lipinski definition) is 5. The van der Waals surface area contributed by atoms with Crippen molar-refractivity contribution in [1.29, 1.82) is 0 Å². The Morgan fingerprint density at radius 2 is 1.52 bits per heavy atom. The van der Waals surface area contributed by atoms with Crippen LogP contribution in [0.25, 0.3) is 10.9 Å². The van der Waals surface area contributed by atoms with Crippen LogP contribution in [-0.4, -0.2) is 24.6 Å². The minimum absolute atomic E-state index is 0.175. The average Bonchev–Trinajstić information content (AvgIpc) is 2.77. The number of aromatic nitrogens is 2. The third kappa shape index (κ3) is 4.54. The first kappa shape index (κ1) is 20.9. The van der Waals surface area contributed by atoms with Gasteiger partial charge in [0, 0.05) is 11.6 Å². The summed E-state index contributed by atoms with van der Waals surface area (Å²) >= 11 is 0. The van der Waals surface area contributed by atoms with Gasteiger partial charge in [-0.3, -0.25) is 0 Å². The zero-order chi connectivity index (χ0) is 22.0. The maximum atomic E-state index is 13.4. The van der Waals surface area contributed by atoms with Crippen molar-refractivity contribution in [2.45, 2.75) is 17.4 Å². The van der Waals surface area contributed by atoms with Crippen LogP contribution in [0.5, 0.6) is 0 Å². The lowest BCUT2D eigenvalue weighted by Crippen LogP contribution is -2.15. The second-order valence-electron chi connectivity index (χ2n) is 7.08. The summed E-state index contributed by atoms with van der Waals surface area (Å²) in [6.45, 7) is 0. The molecular formula is C23H19F2N3O2S. The van der Waals surface area contributed by atoms with Gasteiger partial charge in [0.15, 0.2) is 15.7 Å². The van der Waals surface area contributed by atoms with E-state index in [9.17, 15) is 17.2 Å². The molecule has 0 bridgehead atoms. The standard InChI is InChI=1S/C23H19F2N3O2S/c1-31(29,30)17-11-7-10-16(14-17)20(15-8-3-2-4-9-15)27-22-18-12-5-6-13-19(18)26-23(28-22)21(24)25/h2-14,20-21H,1H3,(H,26,27,28). The van der Waals surface area contributed by atoms with Crippen molar-refractivity contribution < 1.29 is 17.2 Å². The number of halogens is 2. The zero-order valence-corrected chi connectivity index (χ0v) is 17.4. The molecule has 31 heavy (non-hydrogen) atoms. The molecule has 4 aromatic rings. The molecule has 0 radical (unpaired) electrons. The highest BCUT2D eigenvalue weighted by Crippen LogP contribution is 2.31. The van der Waals surface area contributed by atoms with Crippen molar-refractivity contribution in [3.05, 3.63) is 95.8 Å². The molecule has 0 saturated carbocycles. The van der Waals surface area contributed by atoms with Gasteiger partial charge in [0.1, 0.15) is 5.82 Å². The van der Waals surface area contributed by atoms with E-state index in [1.807, 2.05) is 30.3 Å². The predicted octanol–water partition coefficient (Wildman–Crippen LogP) is 5.17. The minimum Gasteiger partial charge on any atom is -0.359 e. The summed E-state index contributed by atoms with van der Waals surface area (Å²) in [7, 11) is -3.42. The summed E-state index contributed by atoms with van der Waals surface area (Å²) in [6.07, 6.45) is -1.68. The van der Waals surface area contributed by atoms with Crippen LogP contribution >= 0.6 is 0 Å². The molecule has 4 rings (SSSR count). The molecule has 0 aliphatic rings. The topological polar surface area (TPSA) is 72.0 Å². The average molecular weight is 439 g/mol. The number of anilines is 1. The maximum Gasteiger partial charge on any atom is 0.297 e. The smallest absolute Gasteiger partial charge is 0.297 e. The van der Waals surface area contributed by atoms with Crippen LogP contribution in [0, 0.1) is 0 Å². The Bertz CT molecular complexity index is 1330. The number of alkyl halides is 2. The third-order valence-electron chi connectivity index (χ3n) is 4.85. The Hall–Kier alpha value is -3.39. The second kappa shape index (κ2) is 8.39. The largest absolute Gasteiger partial charge is 0.359 e. The van der Waals surface area contributed by atoms with E-state index < -0.39 is 28.1 Å². The van der Waals surface area contributed by atoms with Crippen molar-refractivity contribution in [2.24, 2.45) is 0 Å². The summed E-state index contributed by atoms with van der Waals surface area (Å²) in [5.41, 5.74) is 1.89. The maximum absolute atomic E-state index is 13.4. The molecule has 1 N–H and O–H groups in total. The van der Waals surface area contributed by atoms with Crippen LogP contribution in [0.1, 0.15) is 29.4 Å². The first-order chi connectivity index (χ1) is 14.8. The lowest BCUT2D eigenvalue weighted by atomic mass is 9.98. The van der Waals surface area contributed by atoms with Crippen LogP contribution < -0.4 is 5.32 Å².